The normalized spacial score (nSPS) is 22.9. The monoisotopic (exact) mass is 316 g/mol. The van der Waals surface area contributed by atoms with E-state index in [0.29, 0.717) is 0 Å². The van der Waals surface area contributed by atoms with E-state index in [0.717, 1.165) is 11.3 Å². The van der Waals surface area contributed by atoms with Gasteiger partial charge in [-0.3, -0.25) is 0 Å². The second-order valence-electron chi connectivity index (χ2n) is 7.53. The minimum atomic E-state index is -1.40. The van der Waals surface area contributed by atoms with Gasteiger partial charge in [-0.05, 0) is 0 Å². The van der Waals surface area contributed by atoms with Crippen molar-refractivity contribution < 1.29 is 0 Å². The molecular formula is C20H45P. The van der Waals surface area contributed by atoms with Crippen LogP contribution in [0.3, 0.4) is 0 Å². The van der Waals surface area contributed by atoms with Crippen molar-refractivity contribution in [3.63, 3.8) is 0 Å². The van der Waals surface area contributed by atoms with Gasteiger partial charge in [0.1, 0.15) is 0 Å². The van der Waals surface area contributed by atoms with Crippen LogP contribution in [0.5, 0.6) is 0 Å². The molecule has 0 atom stereocenters. The van der Waals surface area contributed by atoms with E-state index in [1.165, 1.54) is 44.7 Å². The molecule has 0 N–H and O–H groups in total. The van der Waals surface area contributed by atoms with Crippen molar-refractivity contribution >= 4 is 6.60 Å². The van der Waals surface area contributed by atoms with Crippen molar-refractivity contribution in [3.8, 4) is 0 Å². The second-order valence-corrected chi connectivity index (χ2v) is 14.9. The molecule has 1 heteroatoms. The van der Waals surface area contributed by atoms with Crippen LogP contribution < -0.4 is 0 Å². The fourth-order valence-electron chi connectivity index (χ4n) is 4.67. The summed E-state index contributed by atoms with van der Waals surface area (Å²) < 4.78 is 0. The summed E-state index contributed by atoms with van der Waals surface area (Å²) in [5.74, 6) is 0. The number of hydrogen-bond acceptors (Lipinski definition) is 0. The van der Waals surface area contributed by atoms with Crippen molar-refractivity contribution in [1.29, 1.82) is 0 Å². The molecule has 0 nitrogen and oxygen atoms in total. The molecule has 2 saturated carbocycles. The van der Waals surface area contributed by atoms with Gasteiger partial charge in [-0.15, -0.1) is 0 Å². The molecule has 0 aromatic carbocycles. The van der Waals surface area contributed by atoms with E-state index in [2.05, 4.69) is 20.3 Å². The molecule has 0 saturated heterocycles. The van der Waals surface area contributed by atoms with Crippen molar-refractivity contribution in [2.75, 3.05) is 19.5 Å². The van der Waals surface area contributed by atoms with Crippen LogP contribution in [0.25, 0.3) is 0 Å². The third-order valence-corrected chi connectivity index (χ3v) is 14.4. The van der Waals surface area contributed by atoms with E-state index < -0.39 is 6.60 Å². The van der Waals surface area contributed by atoms with E-state index in [1.807, 2.05) is 27.7 Å². The van der Waals surface area contributed by atoms with Crippen molar-refractivity contribution in [3.05, 3.63) is 0 Å². The number of rotatable bonds is 3. The van der Waals surface area contributed by atoms with Gasteiger partial charge < -0.3 is 0 Å². The Hall–Kier alpha value is 0.430. The fourth-order valence-corrected chi connectivity index (χ4v) is 10.4. The Morgan fingerprint density at radius 1 is 0.619 bits per heavy atom. The molecular weight excluding hydrogens is 271 g/mol. The Kier molecular flexibility index (Phi) is 10.5. The summed E-state index contributed by atoms with van der Waals surface area (Å²) in [6.45, 7) is 14.7. The first-order valence-corrected chi connectivity index (χ1v) is 13.5. The van der Waals surface area contributed by atoms with E-state index in [4.69, 9.17) is 0 Å². The maximum atomic E-state index is 2.78. The molecule has 130 valence electrons. The van der Waals surface area contributed by atoms with Gasteiger partial charge in [-0.2, -0.15) is 0 Å². The van der Waals surface area contributed by atoms with Gasteiger partial charge in [0.05, 0.1) is 0 Å². The molecule has 0 spiro atoms. The summed E-state index contributed by atoms with van der Waals surface area (Å²) in [6, 6.07) is 0. The predicted molar refractivity (Wildman–Crippen MR) is 106 cm³/mol. The third-order valence-electron chi connectivity index (χ3n) is 6.55. The van der Waals surface area contributed by atoms with Crippen LogP contribution in [0, 0.1) is 0 Å². The van der Waals surface area contributed by atoms with Crippen LogP contribution in [0.4, 0.5) is 0 Å². The summed E-state index contributed by atoms with van der Waals surface area (Å²) in [6.07, 6.45) is 16.9. The molecule has 0 amide bonds. The first-order chi connectivity index (χ1) is 10.1. The molecule has 0 unspecified atom stereocenters. The Bertz CT molecular complexity index is 223. The van der Waals surface area contributed by atoms with Crippen LogP contribution >= 0.6 is 6.60 Å². The summed E-state index contributed by atoms with van der Waals surface area (Å²) in [7, 11) is 0. The summed E-state index contributed by atoms with van der Waals surface area (Å²) in [5.41, 5.74) is 2.26. The van der Waals surface area contributed by atoms with Gasteiger partial charge in [0.25, 0.3) is 0 Å². The molecule has 2 fully saturated rings. The van der Waals surface area contributed by atoms with Crippen LogP contribution in [-0.4, -0.2) is 30.8 Å². The maximum absolute atomic E-state index is 2.78. The average Bonchev–Trinajstić information content (AvgIpc) is 2.60. The zero-order chi connectivity index (χ0) is 16.4. The molecule has 2 aliphatic carbocycles. The number of hydrogen-bond donors (Lipinski definition) is 0. The third kappa shape index (κ3) is 5.23. The summed E-state index contributed by atoms with van der Waals surface area (Å²) >= 11 is 0. The van der Waals surface area contributed by atoms with E-state index in [-0.39, 0.29) is 0 Å². The first kappa shape index (κ1) is 21.4. The zero-order valence-electron chi connectivity index (χ0n) is 16.4. The summed E-state index contributed by atoms with van der Waals surface area (Å²) in [4.78, 5) is 0. The van der Waals surface area contributed by atoms with Crippen molar-refractivity contribution in [2.45, 2.75) is 110 Å². The second kappa shape index (κ2) is 10.3. The van der Waals surface area contributed by atoms with E-state index >= 15 is 0 Å². The zero-order valence-corrected chi connectivity index (χ0v) is 17.3. The standard InChI is InChI=1S/C16H33P.2C2H6/c1-4-17(2,3,15-11-7-5-8-12-15)16-13-9-6-10-14-16;2*1-2/h15-16H,4-14H2,1-3H3;2*1-2H3. The molecule has 21 heavy (non-hydrogen) atoms. The average molecular weight is 317 g/mol. The van der Waals surface area contributed by atoms with E-state index in [1.54, 1.807) is 25.7 Å². The molecule has 2 aliphatic rings. The van der Waals surface area contributed by atoms with Gasteiger partial charge in [0, 0.05) is 0 Å². The minimum absolute atomic E-state index is 1.13. The van der Waals surface area contributed by atoms with Gasteiger partial charge in [-0.1, -0.05) is 27.7 Å². The van der Waals surface area contributed by atoms with Crippen LogP contribution in [0.2, 0.25) is 0 Å². The van der Waals surface area contributed by atoms with Crippen molar-refractivity contribution in [2.24, 2.45) is 0 Å². The van der Waals surface area contributed by atoms with Gasteiger partial charge in [0.2, 0.25) is 0 Å². The Morgan fingerprint density at radius 2 is 0.905 bits per heavy atom. The fraction of sp³-hybridized carbons (Fsp3) is 1.00. The molecule has 0 aromatic rings. The van der Waals surface area contributed by atoms with Gasteiger partial charge >= 0.3 is 109 Å². The van der Waals surface area contributed by atoms with Crippen LogP contribution in [-0.2, 0) is 0 Å². The van der Waals surface area contributed by atoms with Gasteiger partial charge in [0.15, 0.2) is 0 Å². The Morgan fingerprint density at radius 3 is 1.14 bits per heavy atom. The van der Waals surface area contributed by atoms with E-state index in [9.17, 15) is 0 Å². The quantitative estimate of drug-likeness (QED) is 0.472. The van der Waals surface area contributed by atoms with Gasteiger partial charge in [-0.25, -0.2) is 0 Å². The van der Waals surface area contributed by atoms with Crippen molar-refractivity contribution in [1.82, 2.24) is 0 Å². The Balaban J connectivity index is 0.000000921. The molecule has 0 bridgehead atoms. The molecule has 0 aromatic heterocycles. The predicted octanol–water partition coefficient (Wildman–Crippen LogP) is 7.54. The van der Waals surface area contributed by atoms with Crippen LogP contribution in [0.15, 0.2) is 0 Å². The molecule has 0 aliphatic heterocycles. The molecule has 0 heterocycles. The first-order valence-electron chi connectivity index (χ1n) is 10.1. The molecule has 2 rings (SSSR count). The molecule has 0 radical (unpaired) electrons. The van der Waals surface area contributed by atoms with Crippen LogP contribution in [0.1, 0.15) is 98.8 Å². The summed E-state index contributed by atoms with van der Waals surface area (Å²) in [5, 5.41) is 0. The Labute approximate surface area is 136 Å². The topological polar surface area (TPSA) is 0 Å². The SMILES string of the molecule is CC.CC.CCP(C)(C)(C1CCCCC1)C1CCCCC1.